The van der Waals surface area contributed by atoms with Crippen LogP contribution in [0.15, 0.2) is 121 Å². The van der Waals surface area contributed by atoms with Crippen molar-refractivity contribution >= 4 is 19.6 Å². The molecular weight excluding hydrogens is 608 g/mol. The predicted molar refractivity (Wildman–Crippen MR) is 203 cm³/mol. The number of halogens is 1. The largest absolute Gasteiger partial charge is 0.488 e. The van der Waals surface area contributed by atoms with Gasteiger partial charge in [0.2, 0.25) is 0 Å². The molecule has 0 N–H and O–H groups in total. The lowest BCUT2D eigenvalue weighted by Crippen LogP contribution is -2.33. The van der Waals surface area contributed by atoms with E-state index in [0.29, 0.717) is 15.2 Å². The van der Waals surface area contributed by atoms with E-state index < -0.39 is 0 Å². The van der Waals surface area contributed by atoms with Crippen LogP contribution in [-0.4, -0.2) is 13.1 Å². The van der Waals surface area contributed by atoms with E-state index in [9.17, 15) is 4.39 Å². The van der Waals surface area contributed by atoms with Gasteiger partial charge in [-0.05, 0) is 89.8 Å². The Morgan fingerprint density at radius 1 is 0.688 bits per heavy atom. The van der Waals surface area contributed by atoms with E-state index in [1.165, 1.54) is 39.5 Å². The quantitative estimate of drug-likeness (QED) is 0.110. The summed E-state index contributed by atoms with van der Waals surface area (Å²) in [6, 6.07) is 42.4. The third-order valence-corrected chi connectivity index (χ3v) is 11.8. The number of rotatable bonds is 14. The summed E-state index contributed by atoms with van der Waals surface area (Å²) in [5.41, 5.74) is 8.66. The van der Waals surface area contributed by atoms with E-state index in [0.717, 1.165) is 75.0 Å². The van der Waals surface area contributed by atoms with Crippen LogP contribution in [0.5, 0.6) is 5.75 Å². The minimum absolute atomic E-state index is 0.149. The Hall–Kier alpha value is -3.94. The average molecular weight is 658 g/mol. The van der Waals surface area contributed by atoms with Crippen LogP contribution < -0.4 is 14.9 Å². The fraction of sp³-hybridized carbons (Fsp3) is 0.318. The maximum absolute atomic E-state index is 14.9. The maximum atomic E-state index is 14.9. The third kappa shape index (κ3) is 8.37. The second kappa shape index (κ2) is 16.4. The number of benzene rings is 5. The van der Waals surface area contributed by atoms with E-state index in [1.807, 2.05) is 0 Å². The second-order valence-electron chi connectivity index (χ2n) is 13.3. The molecule has 0 aliphatic carbocycles. The summed E-state index contributed by atoms with van der Waals surface area (Å²) in [5.74, 6) is 0.868. The first-order valence-corrected chi connectivity index (χ1v) is 18.8. The molecule has 48 heavy (non-hydrogen) atoms. The SMILES string of the molecule is CCCC(CC)(Pc1ccc(F)cc1N1CCCCC1)c1cc(Cc2ccccc2)cc(Cc2ccccc2)c1OCc1ccccc1. The van der Waals surface area contributed by atoms with Gasteiger partial charge in [-0.15, -0.1) is 0 Å². The average Bonchev–Trinajstić information content (AvgIpc) is 3.13. The highest BCUT2D eigenvalue weighted by molar-refractivity contribution is 7.49. The summed E-state index contributed by atoms with van der Waals surface area (Å²) in [6.45, 7) is 7.14. The molecule has 1 fully saturated rings. The van der Waals surface area contributed by atoms with Crippen molar-refractivity contribution in [2.75, 3.05) is 18.0 Å². The number of anilines is 1. The highest BCUT2D eigenvalue weighted by Crippen LogP contribution is 2.53. The smallest absolute Gasteiger partial charge is 0.127 e. The summed E-state index contributed by atoms with van der Waals surface area (Å²) in [5, 5.41) is 1.10. The first-order chi connectivity index (χ1) is 23.6. The van der Waals surface area contributed by atoms with Crippen molar-refractivity contribution in [3.63, 3.8) is 0 Å². The fourth-order valence-electron chi connectivity index (χ4n) is 7.30. The normalized spacial score (nSPS) is 14.7. The zero-order valence-corrected chi connectivity index (χ0v) is 29.6. The highest BCUT2D eigenvalue weighted by Gasteiger charge is 2.36. The van der Waals surface area contributed by atoms with E-state index in [-0.39, 0.29) is 11.0 Å². The first kappa shape index (κ1) is 33.9. The van der Waals surface area contributed by atoms with Crippen molar-refractivity contribution in [1.82, 2.24) is 0 Å². The van der Waals surface area contributed by atoms with Crippen LogP contribution >= 0.6 is 8.58 Å². The molecule has 1 aliphatic heterocycles. The summed E-state index contributed by atoms with van der Waals surface area (Å²) in [6.07, 6.45) is 8.28. The van der Waals surface area contributed by atoms with Crippen molar-refractivity contribution < 1.29 is 9.13 Å². The fourth-order valence-corrected chi connectivity index (χ4v) is 9.22. The van der Waals surface area contributed by atoms with Gasteiger partial charge in [-0.1, -0.05) is 132 Å². The Morgan fingerprint density at radius 3 is 1.94 bits per heavy atom. The molecule has 0 aromatic heterocycles. The van der Waals surface area contributed by atoms with Gasteiger partial charge in [0.1, 0.15) is 18.2 Å². The highest BCUT2D eigenvalue weighted by atomic mass is 31.1. The molecule has 2 atom stereocenters. The summed E-state index contributed by atoms with van der Waals surface area (Å²) in [7, 11) is 0.477. The standard InChI is InChI=1S/C44H49FNOP/c1-3-25-44(4-2,48-42-24-23-39(45)32-41(42)46-26-15-8-16-27-46)40-31-37(28-34-17-9-5-10-18-34)30-38(29-35-19-11-6-12-20-35)43(40)47-33-36-21-13-7-14-22-36/h5-7,9-14,17-24,30-32,48H,3-4,8,15-16,25-29,33H2,1-2H3. The number of hydrogen-bond acceptors (Lipinski definition) is 2. The Balaban J connectivity index is 1.52. The van der Waals surface area contributed by atoms with Crippen LogP contribution in [0.1, 0.15) is 85.8 Å². The van der Waals surface area contributed by atoms with Gasteiger partial charge in [-0.25, -0.2) is 4.39 Å². The molecule has 2 unspecified atom stereocenters. The lowest BCUT2D eigenvalue weighted by atomic mass is 9.85. The zero-order valence-electron chi connectivity index (χ0n) is 28.6. The van der Waals surface area contributed by atoms with E-state index >= 15 is 0 Å². The van der Waals surface area contributed by atoms with E-state index in [1.54, 1.807) is 12.1 Å². The Bertz CT molecular complexity index is 1740. The van der Waals surface area contributed by atoms with Crippen molar-refractivity contribution in [2.45, 2.75) is 77.0 Å². The van der Waals surface area contributed by atoms with Crippen LogP contribution in [0.3, 0.4) is 0 Å². The van der Waals surface area contributed by atoms with Gasteiger partial charge in [0.15, 0.2) is 0 Å². The molecule has 0 saturated carbocycles. The van der Waals surface area contributed by atoms with Crippen LogP contribution in [0, 0.1) is 5.82 Å². The molecule has 1 aliphatic rings. The monoisotopic (exact) mass is 657 g/mol. The number of piperidine rings is 1. The van der Waals surface area contributed by atoms with Crippen LogP contribution in [-0.2, 0) is 24.6 Å². The molecule has 5 aromatic carbocycles. The Labute approximate surface area is 289 Å². The molecule has 0 radical (unpaired) electrons. The minimum atomic E-state index is -0.165. The molecule has 0 spiro atoms. The molecule has 5 aromatic rings. The predicted octanol–water partition coefficient (Wildman–Crippen LogP) is 11.0. The zero-order chi connectivity index (χ0) is 33.2. The molecule has 4 heteroatoms. The molecule has 0 amide bonds. The van der Waals surface area contributed by atoms with Gasteiger partial charge in [-0.2, -0.15) is 0 Å². The third-order valence-electron chi connectivity index (χ3n) is 9.77. The lowest BCUT2D eigenvalue weighted by Gasteiger charge is -2.38. The van der Waals surface area contributed by atoms with Crippen LogP contribution in [0.2, 0.25) is 0 Å². The molecule has 1 saturated heterocycles. The summed E-state index contributed by atoms with van der Waals surface area (Å²) < 4.78 is 21.9. The lowest BCUT2D eigenvalue weighted by molar-refractivity contribution is 0.295. The molecule has 6 rings (SSSR count). The maximum Gasteiger partial charge on any atom is 0.127 e. The van der Waals surface area contributed by atoms with Crippen molar-refractivity contribution in [3.05, 3.63) is 161 Å². The van der Waals surface area contributed by atoms with Crippen molar-refractivity contribution in [1.29, 1.82) is 0 Å². The van der Waals surface area contributed by atoms with Crippen LogP contribution in [0.25, 0.3) is 0 Å². The van der Waals surface area contributed by atoms with Crippen LogP contribution in [0.4, 0.5) is 10.1 Å². The number of nitrogens with zero attached hydrogens (tertiary/aromatic N) is 1. The summed E-state index contributed by atoms with van der Waals surface area (Å²) >= 11 is 0. The molecule has 248 valence electrons. The van der Waals surface area contributed by atoms with Gasteiger partial charge in [0.25, 0.3) is 0 Å². The Morgan fingerprint density at radius 2 is 1.31 bits per heavy atom. The van der Waals surface area contributed by atoms with Gasteiger partial charge in [-0.3, -0.25) is 0 Å². The first-order valence-electron chi connectivity index (χ1n) is 17.8. The van der Waals surface area contributed by atoms with Gasteiger partial charge >= 0.3 is 0 Å². The minimum Gasteiger partial charge on any atom is -0.488 e. The topological polar surface area (TPSA) is 12.5 Å². The van der Waals surface area contributed by atoms with Crippen molar-refractivity contribution in [3.8, 4) is 5.75 Å². The van der Waals surface area contributed by atoms with E-state index in [2.05, 4.69) is 128 Å². The van der Waals surface area contributed by atoms with Gasteiger partial charge in [0.05, 0.1) is 0 Å². The summed E-state index contributed by atoms with van der Waals surface area (Å²) in [4.78, 5) is 2.43. The van der Waals surface area contributed by atoms with Crippen molar-refractivity contribution in [2.24, 2.45) is 0 Å². The molecule has 1 heterocycles. The molecular formula is C44H49FNOP. The van der Waals surface area contributed by atoms with Gasteiger partial charge < -0.3 is 9.64 Å². The number of hydrogen-bond donors (Lipinski definition) is 0. The molecule has 2 nitrogen and oxygen atoms in total. The van der Waals surface area contributed by atoms with E-state index in [4.69, 9.17) is 4.74 Å². The Kier molecular flexibility index (Phi) is 11.6. The second-order valence-corrected chi connectivity index (χ2v) is 15.0. The molecule has 0 bridgehead atoms. The number of ether oxygens (including phenoxy) is 1. The van der Waals surface area contributed by atoms with Gasteiger partial charge in [0, 0.05) is 35.9 Å².